The number of aromatic nitrogens is 2. The van der Waals surface area contributed by atoms with Crippen molar-refractivity contribution in [1.29, 1.82) is 0 Å². The molecule has 1 aromatic heterocycles. The van der Waals surface area contributed by atoms with Crippen molar-refractivity contribution >= 4 is 41.0 Å². The number of nitrogens with zero attached hydrogens (tertiary/aromatic N) is 6. The molecule has 3 amide bonds. The predicted molar refractivity (Wildman–Crippen MR) is 156 cm³/mol. The Morgan fingerprint density at radius 3 is 2.26 bits per heavy atom. The van der Waals surface area contributed by atoms with Gasteiger partial charge in [0.25, 0.3) is 5.91 Å². The number of halogens is 1. The van der Waals surface area contributed by atoms with Crippen LogP contribution in [0, 0.1) is 38.5 Å². The lowest BCUT2D eigenvalue weighted by Crippen LogP contribution is -2.41. The molecule has 12 heteroatoms. The number of hydrogen-bond donors (Lipinski definition) is 1. The number of benzene rings is 1. The lowest BCUT2D eigenvalue weighted by molar-refractivity contribution is -0.155. The van der Waals surface area contributed by atoms with Gasteiger partial charge in [0.2, 0.25) is 5.91 Å². The summed E-state index contributed by atoms with van der Waals surface area (Å²) in [5.41, 5.74) is 3.63. The second-order valence-electron chi connectivity index (χ2n) is 11.7. The van der Waals surface area contributed by atoms with Gasteiger partial charge >= 0.3 is 11.9 Å². The van der Waals surface area contributed by atoms with Crippen LogP contribution < -0.4 is 4.90 Å². The van der Waals surface area contributed by atoms with Crippen molar-refractivity contribution in [1.82, 2.24) is 24.7 Å². The van der Waals surface area contributed by atoms with Gasteiger partial charge in [0, 0.05) is 56.5 Å². The van der Waals surface area contributed by atoms with Gasteiger partial charge in [-0.3, -0.25) is 14.4 Å². The number of carboxylic acids is 1. The molecule has 5 rings (SSSR count). The molecule has 0 bridgehead atoms. The van der Waals surface area contributed by atoms with Crippen LogP contribution in [-0.4, -0.2) is 106 Å². The third-order valence-corrected chi connectivity index (χ3v) is 9.29. The van der Waals surface area contributed by atoms with Crippen LogP contribution in [0.4, 0.5) is 5.69 Å². The molecule has 11 nitrogen and oxygen atoms in total. The first-order valence-electron chi connectivity index (χ1n) is 14.4. The lowest BCUT2D eigenvalue weighted by Gasteiger charge is -2.28. The normalized spacial score (nSPS) is 22.0. The Balaban J connectivity index is 1.18. The van der Waals surface area contributed by atoms with E-state index in [2.05, 4.69) is 14.9 Å². The number of carbonyl (C=O) groups is 4. The van der Waals surface area contributed by atoms with E-state index in [1.165, 1.54) is 11.2 Å². The molecule has 3 fully saturated rings. The largest absolute Gasteiger partial charge is 0.474 e. The highest BCUT2D eigenvalue weighted by Gasteiger charge is 2.42. The molecule has 1 aromatic carbocycles. The Morgan fingerprint density at radius 1 is 0.976 bits per heavy atom. The average Bonchev–Trinajstić information content (AvgIpc) is 3.67. The average molecular weight is 597 g/mol. The van der Waals surface area contributed by atoms with Gasteiger partial charge in [-0.1, -0.05) is 17.7 Å². The molecule has 3 aliphatic heterocycles. The van der Waals surface area contributed by atoms with Crippen LogP contribution in [0.15, 0.2) is 24.5 Å². The van der Waals surface area contributed by atoms with Crippen LogP contribution in [0.25, 0.3) is 0 Å². The fourth-order valence-electron chi connectivity index (χ4n) is 6.57. The maximum atomic E-state index is 13.7. The zero-order valence-electron chi connectivity index (χ0n) is 24.3. The topological polar surface area (TPSA) is 127 Å². The number of carboxylic acid groups (broad SMARTS) is 1. The highest BCUT2D eigenvalue weighted by atomic mass is 35.5. The number of carbonyl (C=O) groups excluding carboxylic acids is 3. The fraction of sp³-hybridized carbons (Fsp3) is 0.533. The van der Waals surface area contributed by atoms with Crippen molar-refractivity contribution in [2.45, 2.75) is 33.6 Å². The third kappa shape index (κ3) is 6.12. The molecule has 3 aliphatic rings. The van der Waals surface area contributed by atoms with E-state index in [0.29, 0.717) is 65.6 Å². The summed E-state index contributed by atoms with van der Waals surface area (Å²) < 4.78 is 0. The van der Waals surface area contributed by atoms with Crippen LogP contribution in [-0.2, 0) is 14.4 Å². The summed E-state index contributed by atoms with van der Waals surface area (Å²) in [6.07, 6.45) is 2.65. The van der Waals surface area contributed by atoms with Crippen LogP contribution in [0.2, 0.25) is 5.02 Å². The van der Waals surface area contributed by atoms with Crippen LogP contribution >= 0.6 is 11.6 Å². The van der Waals surface area contributed by atoms with Crippen LogP contribution in [0.5, 0.6) is 0 Å². The lowest BCUT2D eigenvalue weighted by atomic mass is 10.0. The van der Waals surface area contributed by atoms with Gasteiger partial charge < -0.3 is 24.7 Å². The number of rotatable bonds is 7. The molecular formula is C30H37ClN6O5. The highest BCUT2D eigenvalue weighted by molar-refractivity contribution is 6.32. The monoisotopic (exact) mass is 596 g/mol. The number of likely N-dealkylation sites (tertiary alicyclic amines) is 3. The molecule has 1 N–H and O–H groups in total. The van der Waals surface area contributed by atoms with E-state index in [4.69, 9.17) is 16.7 Å². The zero-order chi connectivity index (χ0) is 30.1. The van der Waals surface area contributed by atoms with E-state index >= 15 is 0 Å². The van der Waals surface area contributed by atoms with Crippen molar-refractivity contribution in [3.63, 3.8) is 0 Å². The molecule has 42 heavy (non-hydrogen) atoms. The molecule has 0 radical (unpaired) electrons. The summed E-state index contributed by atoms with van der Waals surface area (Å²) >= 11 is 6.41. The van der Waals surface area contributed by atoms with Crippen LogP contribution in [0.3, 0.4) is 0 Å². The maximum absolute atomic E-state index is 13.7. The van der Waals surface area contributed by atoms with Crippen molar-refractivity contribution in [3.8, 4) is 0 Å². The summed E-state index contributed by atoms with van der Waals surface area (Å²) in [7, 11) is 0. The number of hydrogen-bond acceptors (Lipinski definition) is 7. The minimum absolute atomic E-state index is 0.00740. The Kier molecular flexibility index (Phi) is 8.79. The second-order valence-corrected chi connectivity index (χ2v) is 12.1. The Labute approximate surface area is 250 Å². The van der Waals surface area contributed by atoms with Gasteiger partial charge in [-0.05, 0) is 69.7 Å². The first-order valence-corrected chi connectivity index (χ1v) is 14.8. The summed E-state index contributed by atoms with van der Waals surface area (Å²) in [5.74, 6) is -2.25. The second kappa shape index (κ2) is 12.3. The smallest absolute Gasteiger partial charge is 0.394 e. The predicted octanol–water partition coefficient (Wildman–Crippen LogP) is 2.42. The molecule has 0 aliphatic carbocycles. The minimum atomic E-state index is -1.51. The van der Waals surface area contributed by atoms with E-state index < -0.39 is 17.8 Å². The van der Waals surface area contributed by atoms with Crippen molar-refractivity contribution in [2.75, 3.05) is 57.3 Å². The SMILES string of the molecule is Cc1ccc(N(CCCN2CC3CN(C(=O)c4c(C)ncnc4C)CC3C2)C(=O)C2CCN(C(=O)C(=O)O)C2)cc1Cl. The summed E-state index contributed by atoms with van der Waals surface area (Å²) in [5, 5.41) is 9.64. The summed E-state index contributed by atoms with van der Waals surface area (Å²) in [4.78, 5) is 65.7. The fourth-order valence-corrected chi connectivity index (χ4v) is 6.74. The van der Waals surface area contributed by atoms with E-state index in [0.717, 1.165) is 31.6 Å². The first kappa shape index (κ1) is 29.9. The Morgan fingerprint density at radius 2 is 1.64 bits per heavy atom. The van der Waals surface area contributed by atoms with Gasteiger partial charge in [-0.15, -0.1) is 0 Å². The van der Waals surface area contributed by atoms with Gasteiger partial charge in [0.1, 0.15) is 6.33 Å². The number of aliphatic carboxylic acids is 1. The van der Waals surface area contributed by atoms with Gasteiger partial charge in [0.15, 0.2) is 0 Å². The molecule has 0 saturated carbocycles. The van der Waals surface area contributed by atoms with Crippen molar-refractivity contribution in [3.05, 3.63) is 52.1 Å². The number of anilines is 1. The van der Waals surface area contributed by atoms with Gasteiger partial charge in [-0.25, -0.2) is 14.8 Å². The maximum Gasteiger partial charge on any atom is 0.394 e. The number of aryl methyl sites for hydroxylation is 3. The standard InChI is InChI=1S/C30H37ClN6O5/c1-18-5-6-24(11-25(18)31)37(27(38)21-7-10-35(14-21)29(40)30(41)42)9-4-8-34-12-22-15-36(16-23(22)13-34)28(39)26-19(2)32-17-33-20(26)3/h5-6,11,17,21-23H,4,7-10,12-16H2,1-3H3,(H,41,42). The molecule has 2 aromatic rings. The Bertz CT molecular complexity index is 1370. The van der Waals surface area contributed by atoms with Gasteiger partial charge in [0.05, 0.1) is 22.9 Å². The van der Waals surface area contributed by atoms with E-state index in [9.17, 15) is 19.2 Å². The quantitative estimate of drug-likeness (QED) is 0.483. The molecule has 3 saturated heterocycles. The van der Waals surface area contributed by atoms with Crippen LogP contribution in [0.1, 0.15) is 40.2 Å². The summed E-state index contributed by atoms with van der Waals surface area (Å²) in [6, 6.07) is 5.55. The summed E-state index contributed by atoms with van der Waals surface area (Å²) in [6.45, 7) is 10.5. The van der Waals surface area contributed by atoms with E-state index in [-0.39, 0.29) is 24.9 Å². The van der Waals surface area contributed by atoms with Crippen molar-refractivity contribution < 1.29 is 24.3 Å². The Hall–Kier alpha value is -3.57. The van der Waals surface area contributed by atoms with E-state index in [1.807, 2.05) is 37.8 Å². The van der Waals surface area contributed by atoms with E-state index in [1.54, 1.807) is 11.0 Å². The van der Waals surface area contributed by atoms with Crippen molar-refractivity contribution in [2.24, 2.45) is 17.8 Å². The zero-order valence-corrected chi connectivity index (χ0v) is 25.0. The molecule has 3 unspecified atom stereocenters. The minimum Gasteiger partial charge on any atom is -0.474 e. The first-order chi connectivity index (χ1) is 20.0. The third-order valence-electron chi connectivity index (χ3n) is 8.89. The number of fused-ring (bicyclic) bond motifs is 1. The van der Waals surface area contributed by atoms with Gasteiger partial charge in [-0.2, -0.15) is 0 Å². The molecular weight excluding hydrogens is 560 g/mol. The number of amides is 3. The molecule has 3 atom stereocenters. The molecule has 224 valence electrons. The highest BCUT2D eigenvalue weighted by Crippen LogP contribution is 2.33. The molecule has 4 heterocycles. The molecule has 0 spiro atoms.